The highest BCUT2D eigenvalue weighted by Gasteiger charge is 2.12. The molecule has 0 aromatic carbocycles. The average molecular weight is 214 g/mol. The molecule has 0 bridgehead atoms. The van der Waals surface area contributed by atoms with Gasteiger partial charge in [0.05, 0.1) is 0 Å². The Morgan fingerprint density at radius 3 is 2.33 bits per heavy atom. The number of unbranched alkanes of at least 4 members (excludes halogenated alkanes) is 1. The van der Waals surface area contributed by atoms with Crippen LogP contribution < -0.4 is 5.32 Å². The summed E-state index contributed by atoms with van der Waals surface area (Å²) in [7, 11) is 0. The summed E-state index contributed by atoms with van der Waals surface area (Å²) in [5.74, 6) is 0.261. The summed E-state index contributed by atoms with van der Waals surface area (Å²) in [6, 6.07) is 0.296. The lowest BCUT2D eigenvalue weighted by Gasteiger charge is -2.21. The molecule has 0 fully saturated rings. The first-order chi connectivity index (χ1) is 7.15. The molecule has 0 rings (SSSR count). The van der Waals surface area contributed by atoms with Gasteiger partial charge in [0.25, 0.3) is 0 Å². The lowest BCUT2D eigenvalue weighted by atomic mass is 10.2. The largest absolute Gasteiger partial charge is 0.343 e. The third-order valence-corrected chi connectivity index (χ3v) is 2.62. The highest BCUT2D eigenvalue weighted by Crippen LogP contribution is 1.98. The van der Waals surface area contributed by atoms with Gasteiger partial charge in [-0.05, 0) is 33.7 Å². The zero-order valence-electron chi connectivity index (χ0n) is 10.7. The Morgan fingerprint density at radius 1 is 1.27 bits per heavy atom. The van der Waals surface area contributed by atoms with Crippen molar-refractivity contribution in [1.82, 2.24) is 10.2 Å². The third kappa shape index (κ3) is 6.50. The minimum atomic E-state index is 0.261. The van der Waals surface area contributed by atoms with Crippen molar-refractivity contribution < 1.29 is 4.79 Å². The topological polar surface area (TPSA) is 32.3 Å². The van der Waals surface area contributed by atoms with Crippen molar-refractivity contribution in [2.24, 2.45) is 0 Å². The van der Waals surface area contributed by atoms with E-state index in [0.29, 0.717) is 12.5 Å². The SMILES string of the molecule is CCCCNC(C)CC(=O)N(CC)CC. The van der Waals surface area contributed by atoms with Gasteiger partial charge in [0.1, 0.15) is 0 Å². The van der Waals surface area contributed by atoms with Crippen LogP contribution in [-0.2, 0) is 4.79 Å². The second-order valence-electron chi connectivity index (χ2n) is 3.98. The maximum atomic E-state index is 11.7. The maximum Gasteiger partial charge on any atom is 0.224 e. The molecule has 3 heteroatoms. The number of hydrogen-bond donors (Lipinski definition) is 1. The quantitative estimate of drug-likeness (QED) is 0.627. The van der Waals surface area contributed by atoms with E-state index in [2.05, 4.69) is 19.2 Å². The van der Waals surface area contributed by atoms with E-state index in [1.54, 1.807) is 0 Å². The molecule has 0 aliphatic rings. The first-order valence-electron chi connectivity index (χ1n) is 6.16. The summed E-state index contributed by atoms with van der Waals surface area (Å²) >= 11 is 0. The number of nitrogens with zero attached hydrogens (tertiary/aromatic N) is 1. The van der Waals surface area contributed by atoms with Crippen molar-refractivity contribution in [1.29, 1.82) is 0 Å². The van der Waals surface area contributed by atoms with E-state index in [9.17, 15) is 4.79 Å². The minimum Gasteiger partial charge on any atom is -0.343 e. The van der Waals surface area contributed by atoms with Crippen LogP contribution in [0.4, 0.5) is 0 Å². The van der Waals surface area contributed by atoms with E-state index in [4.69, 9.17) is 0 Å². The van der Waals surface area contributed by atoms with Crippen LogP contribution in [0.2, 0.25) is 0 Å². The van der Waals surface area contributed by atoms with E-state index < -0.39 is 0 Å². The normalized spacial score (nSPS) is 12.5. The average Bonchev–Trinajstić information content (AvgIpc) is 2.20. The van der Waals surface area contributed by atoms with Crippen molar-refractivity contribution in [3.8, 4) is 0 Å². The predicted molar refractivity (Wildman–Crippen MR) is 64.9 cm³/mol. The van der Waals surface area contributed by atoms with Crippen LogP contribution in [0.25, 0.3) is 0 Å². The van der Waals surface area contributed by atoms with Gasteiger partial charge in [-0.3, -0.25) is 4.79 Å². The van der Waals surface area contributed by atoms with Gasteiger partial charge in [0.2, 0.25) is 5.91 Å². The van der Waals surface area contributed by atoms with Gasteiger partial charge in [-0.2, -0.15) is 0 Å². The molecule has 0 radical (unpaired) electrons. The van der Waals surface area contributed by atoms with Crippen LogP contribution in [0.15, 0.2) is 0 Å². The number of carbonyl (C=O) groups excluding carboxylic acids is 1. The second kappa shape index (κ2) is 8.72. The number of rotatable bonds is 8. The molecule has 1 N–H and O–H groups in total. The number of carbonyl (C=O) groups is 1. The summed E-state index contributed by atoms with van der Waals surface area (Å²) in [6.45, 7) is 11.0. The number of amides is 1. The monoisotopic (exact) mass is 214 g/mol. The zero-order chi connectivity index (χ0) is 11.7. The van der Waals surface area contributed by atoms with Crippen molar-refractivity contribution in [2.45, 2.75) is 53.0 Å². The Kier molecular flexibility index (Phi) is 8.38. The molecule has 0 saturated heterocycles. The summed E-state index contributed by atoms with van der Waals surface area (Å²) in [5.41, 5.74) is 0. The number of hydrogen-bond acceptors (Lipinski definition) is 2. The van der Waals surface area contributed by atoms with Crippen LogP contribution in [0, 0.1) is 0 Å². The van der Waals surface area contributed by atoms with E-state index in [-0.39, 0.29) is 5.91 Å². The maximum absolute atomic E-state index is 11.7. The highest BCUT2D eigenvalue weighted by atomic mass is 16.2. The molecule has 1 unspecified atom stereocenters. The molecule has 0 aliphatic carbocycles. The van der Waals surface area contributed by atoms with E-state index in [0.717, 1.165) is 19.6 Å². The third-order valence-electron chi connectivity index (χ3n) is 2.62. The van der Waals surface area contributed by atoms with Gasteiger partial charge in [-0.15, -0.1) is 0 Å². The number of nitrogens with one attached hydrogen (secondary N) is 1. The predicted octanol–water partition coefficient (Wildman–Crippen LogP) is 2.02. The molecule has 90 valence electrons. The molecule has 0 heterocycles. The molecular formula is C12H26N2O. The van der Waals surface area contributed by atoms with Gasteiger partial charge < -0.3 is 10.2 Å². The van der Waals surface area contributed by atoms with Crippen molar-refractivity contribution in [2.75, 3.05) is 19.6 Å². The summed E-state index contributed by atoms with van der Waals surface area (Å²) in [4.78, 5) is 13.6. The Balaban J connectivity index is 3.74. The molecule has 15 heavy (non-hydrogen) atoms. The summed E-state index contributed by atoms with van der Waals surface area (Å²) in [5, 5.41) is 3.37. The van der Waals surface area contributed by atoms with Crippen molar-refractivity contribution in [3.05, 3.63) is 0 Å². The van der Waals surface area contributed by atoms with Crippen LogP contribution in [0.5, 0.6) is 0 Å². The molecule has 1 amide bonds. The lowest BCUT2D eigenvalue weighted by molar-refractivity contribution is -0.131. The van der Waals surface area contributed by atoms with Crippen LogP contribution in [0.3, 0.4) is 0 Å². The van der Waals surface area contributed by atoms with Gasteiger partial charge in [0, 0.05) is 25.6 Å². The molecule has 0 aromatic heterocycles. The Labute approximate surface area is 94.2 Å². The van der Waals surface area contributed by atoms with Crippen LogP contribution in [-0.4, -0.2) is 36.5 Å². The Hall–Kier alpha value is -0.570. The summed E-state index contributed by atoms with van der Waals surface area (Å²) < 4.78 is 0. The summed E-state index contributed by atoms with van der Waals surface area (Å²) in [6.07, 6.45) is 3.00. The molecule has 0 aliphatic heterocycles. The van der Waals surface area contributed by atoms with Crippen molar-refractivity contribution >= 4 is 5.91 Å². The fourth-order valence-corrected chi connectivity index (χ4v) is 1.56. The van der Waals surface area contributed by atoms with Gasteiger partial charge >= 0.3 is 0 Å². The molecule has 1 atom stereocenters. The second-order valence-corrected chi connectivity index (χ2v) is 3.98. The molecular weight excluding hydrogens is 188 g/mol. The first kappa shape index (κ1) is 14.4. The molecule has 3 nitrogen and oxygen atoms in total. The Bertz CT molecular complexity index is 167. The van der Waals surface area contributed by atoms with Gasteiger partial charge in [-0.1, -0.05) is 13.3 Å². The van der Waals surface area contributed by atoms with Crippen LogP contribution in [0.1, 0.15) is 47.0 Å². The lowest BCUT2D eigenvalue weighted by Crippen LogP contribution is -2.37. The first-order valence-corrected chi connectivity index (χ1v) is 6.16. The molecule has 0 aromatic rings. The Morgan fingerprint density at radius 2 is 1.87 bits per heavy atom. The fourth-order valence-electron chi connectivity index (χ4n) is 1.56. The van der Waals surface area contributed by atoms with Crippen LogP contribution >= 0.6 is 0 Å². The van der Waals surface area contributed by atoms with Gasteiger partial charge in [0.15, 0.2) is 0 Å². The highest BCUT2D eigenvalue weighted by molar-refractivity contribution is 5.76. The fraction of sp³-hybridized carbons (Fsp3) is 0.917. The smallest absolute Gasteiger partial charge is 0.224 e. The van der Waals surface area contributed by atoms with Crippen molar-refractivity contribution in [3.63, 3.8) is 0 Å². The molecule has 0 saturated carbocycles. The molecule has 0 spiro atoms. The standard InChI is InChI=1S/C12H26N2O/c1-5-8-9-13-11(4)10-12(15)14(6-2)7-3/h11,13H,5-10H2,1-4H3. The minimum absolute atomic E-state index is 0.261. The van der Waals surface area contributed by atoms with Gasteiger partial charge in [-0.25, -0.2) is 0 Å². The van der Waals surface area contributed by atoms with E-state index in [1.807, 2.05) is 18.7 Å². The van der Waals surface area contributed by atoms with E-state index in [1.165, 1.54) is 12.8 Å². The zero-order valence-corrected chi connectivity index (χ0v) is 10.7. The van der Waals surface area contributed by atoms with E-state index >= 15 is 0 Å².